The average Bonchev–Trinajstić information content (AvgIpc) is 2.90. The third kappa shape index (κ3) is 2.75. The van der Waals surface area contributed by atoms with Gasteiger partial charge in [-0.2, -0.15) is 0 Å². The van der Waals surface area contributed by atoms with Gasteiger partial charge in [0.2, 0.25) is 0 Å². The van der Waals surface area contributed by atoms with Gasteiger partial charge in [-0.3, -0.25) is 4.98 Å². The van der Waals surface area contributed by atoms with E-state index in [9.17, 15) is 0 Å². The monoisotopic (exact) mass is 255 g/mol. The lowest BCUT2D eigenvalue weighted by atomic mass is 10.2. The fourth-order valence-corrected chi connectivity index (χ4v) is 2.12. The highest BCUT2D eigenvalue weighted by molar-refractivity contribution is 6.01. The van der Waals surface area contributed by atoms with Crippen molar-refractivity contribution in [2.24, 2.45) is 0 Å². The maximum Gasteiger partial charge on any atom is 0.107 e. The predicted molar refractivity (Wildman–Crippen MR) is 81.4 cm³/mol. The molecule has 1 N–H and O–H groups in total. The summed E-state index contributed by atoms with van der Waals surface area (Å²) in [6.07, 6.45) is 5.25. The molecule has 0 aliphatic heterocycles. The number of pyridine rings is 1. The number of fused-ring (bicyclic) bond motifs is 3. The highest BCUT2D eigenvalue weighted by Gasteiger charge is 2.06. The summed E-state index contributed by atoms with van der Waals surface area (Å²) in [5.74, 6) is 1.07. The second-order valence-corrected chi connectivity index (χ2v) is 4.32. The summed E-state index contributed by atoms with van der Waals surface area (Å²) in [6, 6.07) is 8.14. The van der Waals surface area contributed by atoms with E-state index in [1.807, 2.05) is 38.2 Å². The van der Waals surface area contributed by atoms with E-state index in [1.165, 1.54) is 12.8 Å². The summed E-state index contributed by atoms with van der Waals surface area (Å²) in [4.78, 5) is 12.5. The zero-order chi connectivity index (χ0) is 13.7. The summed E-state index contributed by atoms with van der Waals surface area (Å²) in [6.45, 7) is 6.19. The van der Waals surface area contributed by atoms with Crippen LogP contribution in [0, 0.1) is 0 Å². The minimum atomic E-state index is 1.01. The van der Waals surface area contributed by atoms with Crippen LogP contribution in [-0.2, 0) is 6.42 Å². The molecule has 2 aromatic heterocycles. The number of nitrogens with zero attached hydrogens (tertiary/aromatic N) is 2. The van der Waals surface area contributed by atoms with Crippen molar-refractivity contribution in [2.75, 3.05) is 0 Å². The molecule has 2 heterocycles. The Labute approximate surface area is 114 Å². The van der Waals surface area contributed by atoms with Crippen molar-refractivity contribution in [1.29, 1.82) is 0 Å². The van der Waals surface area contributed by atoms with Crippen LogP contribution in [0.3, 0.4) is 0 Å². The van der Waals surface area contributed by atoms with Gasteiger partial charge in [-0.15, -0.1) is 0 Å². The van der Waals surface area contributed by atoms with Gasteiger partial charge in [-0.05, 0) is 12.5 Å². The van der Waals surface area contributed by atoms with Crippen molar-refractivity contribution in [3.8, 4) is 0 Å². The van der Waals surface area contributed by atoms with Gasteiger partial charge in [-0.1, -0.05) is 45.4 Å². The third-order valence-corrected chi connectivity index (χ3v) is 3.04. The van der Waals surface area contributed by atoms with Gasteiger partial charge in [0.1, 0.15) is 5.82 Å². The summed E-state index contributed by atoms with van der Waals surface area (Å²) in [5, 5.41) is 1.13. The standard InChI is InChI=1S/C14H15N3.C2H6/c1-2-3-8-13-16-12-9-15-11-7-5-4-6-10(11)14(12)17-13;1-2/h4-7,9H,2-3,8H2,1H3,(H,16,17);1-2H3. The number of aryl methyl sites for hydroxylation is 1. The molecule has 0 atom stereocenters. The first kappa shape index (κ1) is 13.5. The molecule has 3 aromatic rings. The lowest BCUT2D eigenvalue weighted by Crippen LogP contribution is -1.86. The Morgan fingerprint density at radius 1 is 1.16 bits per heavy atom. The molecule has 3 nitrogen and oxygen atoms in total. The number of benzene rings is 1. The smallest absolute Gasteiger partial charge is 0.107 e. The van der Waals surface area contributed by atoms with Gasteiger partial charge in [-0.25, -0.2) is 4.98 Å². The fraction of sp³-hybridized carbons (Fsp3) is 0.375. The van der Waals surface area contributed by atoms with Crippen molar-refractivity contribution in [3.63, 3.8) is 0 Å². The molecule has 0 bridgehead atoms. The summed E-state index contributed by atoms with van der Waals surface area (Å²) in [7, 11) is 0. The molecule has 3 heteroatoms. The molecule has 0 spiro atoms. The van der Waals surface area contributed by atoms with E-state index < -0.39 is 0 Å². The highest BCUT2D eigenvalue weighted by Crippen LogP contribution is 2.21. The van der Waals surface area contributed by atoms with Gasteiger partial charge in [0, 0.05) is 11.8 Å². The van der Waals surface area contributed by atoms with Crippen LogP contribution >= 0.6 is 0 Å². The molecule has 3 rings (SSSR count). The third-order valence-electron chi connectivity index (χ3n) is 3.04. The maximum atomic E-state index is 4.68. The zero-order valence-electron chi connectivity index (χ0n) is 11.9. The molecule has 1 aromatic carbocycles. The number of unbranched alkanes of at least 4 members (excludes halogenated alkanes) is 1. The quantitative estimate of drug-likeness (QED) is 0.749. The Hall–Kier alpha value is -1.90. The van der Waals surface area contributed by atoms with Crippen molar-refractivity contribution in [2.45, 2.75) is 40.0 Å². The molecule has 100 valence electrons. The van der Waals surface area contributed by atoms with Crippen LogP contribution in [0.2, 0.25) is 0 Å². The van der Waals surface area contributed by atoms with Crippen molar-refractivity contribution < 1.29 is 0 Å². The molecule has 0 amide bonds. The number of aromatic nitrogens is 3. The lowest BCUT2D eigenvalue weighted by molar-refractivity contribution is 0.765. The van der Waals surface area contributed by atoms with Crippen LogP contribution < -0.4 is 0 Å². The first-order valence-electron chi connectivity index (χ1n) is 7.11. The van der Waals surface area contributed by atoms with Crippen LogP contribution in [0.4, 0.5) is 0 Å². The van der Waals surface area contributed by atoms with Crippen molar-refractivity contribution >= 4 is 21.9 Å². The van der Waals surface area contributed by atoms with Crippen LogP contribution in [0.25, 0.3) is 21.9 Å². The minimum absolute atomic E-state index is 1.01. The first-order chi connectivity index (χ1) is 9.38. The number of nitrogens with one attached hydrogen (secondary N) is 1. The molecule has 0 aliphatic carbocycles. The van der Waals surface area contributed by atoms with Gasteiger partial charge < -0.3 is 4.98 Å². The Morgan fingerprint density at radius 2 is 1.95 bits per heavy atom. The lowest BCUT2D eigenvalue weighted by Gasteiger charge is -1.95. The van der Waals surface area contributed by atoms with E-state index in [1.54, 1.807) is 0 Å². The second kappa shape index (κ2) is 6.32. The first-order valence-corrected chi connectivity index (χ1v) is 7.11. The molecule has 0 aliphatic rings. The van der Waals surface area contributed by atoms with Gasteiger partial charge >= 0.3 is 0 Å². The van der Waals surface area contributed by atoms with Crippen molar-refractivity contribution in [3.05, 3.63) is 36.3 Å². The summed E-state index contributed by atoms with van der Waals surface area (Å²) < 4.78 is 0. The largest absolute Gasteiger partial charge is 0.341 e. The van der Waals surface area contributed by atoms with E-state index >= 15 is 0 Å². The highest BCUT2D eigenvalue weighted by atomic mass is 14.9. The van der Waals surface area contributed by atoms with E-state index in [2.05, 4.69) is 27.9 Å². The van der Waals surface area contributed by atoms with E-state index in [-0.39, 0.29) is 0 Å². The number of imidazole rings is 1. The molecule has 19 heavy (non-hydrogen) atoms. The number of para-hydroxylation sites is 1. The molecule has 0 radical (unpaired) electrons. The fourth-order valence-electron chi connectivity index (χ4n) is 2.12. The van der Waals surface area contributed by atoms with E-state index in [0.717, 1.165) is 34.2 Å². The van der Waals surface area contributed by atoms with Crippen LogP contribution in [-0.4, -0.2) is 15.0 Å². The minimum Gasteiger partial charge on any atom is -0.341 e. The Kier molecular flexibility index (Phi) is 4.50. The van der Waals surface area contributed by atoms with E-state index in [4.69, 9.17) is 0 Å². The number of aromatic amines is 1. The number of hydrogen-bond acceptors (Lipinski definition) is 2. The van der Waals surface area contributed by atoms with Crippen LogP contribution in [0.15, 0.2) is 30.5 Å². The number of rotatable bonds is 3. The Morgan fingerprint density at radius 3 is 2.74 bits per heavy atom. The number of H-pyrrole nitrogens is 1. The normalized spacial score (nSPS) is 10.5. The summed E-state index contributed by atoms with van der Waals surface area (Å²) in [5.41, 5.74) is 3.09. The SMILES string of the molecule is CC.CCCCc1nc2c(cnc3ccccc32)[nH]1. The van der Waals surface area contributed by atoms with Crippen molar-refractivity contribution in [1.82, 2.24) is 15.0 Å². The molecule has 0 saturated carbocycles. The molecule has 0 saturated heterocycles. The molecular formula is C16H21N3. The average molecular weight is 255 g/mol. The molecule has 0 unspecified atom stereocenters. The van der Waals surface area contributed by atoms with Gasteiger partial charge in [0.05, 0.1) is 22.7 Å². The van der Waals surface area contributed by atoms with Gasteiger partial charge in [0.25, 0.3) is 0 Å². The zero-order valence-corrected chi connectivity index (χ0v) is 11.9. The maximum absolute atomic E-state index is 4.68. The van der Waals surface area contributed by atoms with Crippen LogP contribution in [0.5, 0.6) is 0 Å². The summed E-state index contributed by atoms with van der Waals surface area (Å²) >= 11 is 0. The Bertz CT molecular complexity index is 655. The number of hydrogen-bond donors (Lipinski definition) is 1. The predicted octanol–water partition coefficient (Wildman–Crippen LogP) is 4.48. The van der Waals surface area contributed by atoms with E-state index in [0.29, 0.717) is 0 Å². The second-order valence-electron chi connectivity index (χ2n) is 4.32. The van der Waals surface area contributed by atoms with Gasteiger partial charge in [0.15, 0.2) is 0 Å². The Balaban J connectivity index is 0.000000637. The topological polar surface area (TPSA) is 41.6 Å². The van der Waals surface area contributed by atoms with Crippen LogP contribution in [0.1, 0.15) is 39.4 Å². The molecule has 0 fully saturated rings. The molecular weight excluding hydrogens is 234 g/mol.